The molecule has 0 aliphatic carbocycles. The highest BCUT2D eigenvalue weighted by atomic mass is 28.3. The fourth-order valence-corrected chi connectivity index (χ4v) is 2.16. The van der Waals surface area contributed by atoms with Crippen molar-refractivity contribution in [3.05, 3.63) is 17.7 Å². The zero-order chi connectivity index (χ0) is 13.1. The molecule has 1 aromatic rings. The summed E-state index contributed by atoms with van der Waals surface area (Å²) < 4.78 is 7.02. The summed E-state index contributed by atoms with van der Waals surface area (Å²) in [5.74, 6) is -0.964. The minimum absolute atomic E-state index is 0.206. The minimum atomic E-state index is -1.09. The zero-order valence-corrected chi connectivity index (χ0v) is 11.9. The van der Waals surface area contributed by atoms with Crippen molar-refractivity contribution in [3.63, 3.8) is 0 Å². The van der Waals surface area contributed by atoms with Gasteiger partial charge in [-0.3, -0.25) is 0 Å². The molecule has 0 aliphatic heterocycles. The molecule has 96 valence electrons. The van der Waals surface area contributed by atoms with Crippen molar-refractivity contribution in [3.8, 4) is 0 Å². The van der Waals surface area contributed by atoms with E-state index < -0.39 is 14.0 Å². The number of nitrogens with zero attached hydrogens (tertiary/aromatic N) is 2. The van der Waals surface area contributed by atoms with Crippen LogP contribution in [0.2, 0.25) is 25.7 Å². The van der Waals surface area contributed by atoms with Crippen LogP contribution >= 0.6 is 0 Å². The van der Waals surface area contributed by atoms with E-state index in [1.165, 1.54) is 10.9 Å². The van der Waals surface area contributed by atoms with E-state index in [1.54, 1.807) is 6.92 Å². The number of carboxylic acids is 1. The van der Waals surface area contributed by atoms with Crippen LogP contribution in [-0.2, 0) is 11.5 Å². The summed E-state index contributed by atoms with van der Waals surface area (Å²) in [6.07, 6.45) is 1.51. The Bertz CT molecular complexity index is 396. The number of aromatic nitrogens is 2. The molecule has 5 nitrogen and oxygen atoms in total. The van der Waals surface area contributed by atoms with Crippen LogP contribution in [0.15, 0.2) is 6.33 Å². The van der Waals surface area contributed by atoms with Crippen molar-refractivity contribution in [2.45, 2.75) is 39.3 Å². The second-order valence-electron chi connectivity index (χ2n) is 5.30. The van der Waals surface area contributed by atoms with Crippen LogP contribution in [0.1, 0.15) is 16.2 Å². The van der Waals surface area contributed by atoms with Gasteiger partial charge in [-0.15, -0.1) is 0 Å². The first-order chi connectivity index (χ1) is 7.81. The zero-order valence-electron chi connectivity index (χ0n) is 10.9. The number of carboxylic acid groups (broad SMARTS) is 1. The highest BCUT2D eigenvalue weighted by Crippen LogP contribution is 2.09. The molecular weight excluding hydrogens is 236 g/mol. The van der Waals surface area contributed by atoms with Gasteiger partial charge in [0.15, 0.2) is 5.69 Å². The lowest BCUT2D eigenvalue weighted by Gasteiger charge is -2.15. The van der Waals surface area contributed by atoms with Crippen LogP contribution in [0.3, 0.4) is 0 Å². The standard InChI is InChI=1S/C11H20N2O3Si/c1-9-10(11(14)15)13(7-12-9)8-16-5-6-17(2,3)4/h7H,5-6,8H2,1-4H3,(H,14,15). The number of imidazole rings is 1. The smallest absolute Gasteiger partial charge is 0.354 e. The molecule has 0 aliphatic rings. The lowest BCUT2D eigenvalue weighted by molar-refractivity contribution is 0.0621. The largest absolute Gasteiger partial charge is 0.477 e. The van der Waals surface area contributed by atoms with Crippen LogP contribution < -0.4 is 0 Å². The molecule has 0 saturated carbocycles. The second kappa shape index (κ2) is 5.46. The van der Waals surface area contributed by atoms with E-state index in [-0.39, 0.29) is 12.4 Å². The maximum Gasteiger partial charge on any atom is 0.354 e. The molecule has 17 heavy (non-hydrogen) atoms. The van der Waals surface area contributed by atoms with Gasteiger partial charge in [-0.25, -0.2) is 9.78 Å². The number of rotatable bonds is 6. The molecule has 6 heteroatoms. The Morgan fingerprint density at radius 2 is 2.18 bits per heavy atom. The summed E-state index contributed by atoms with van der Waals surface area (Å²) in [6, 6.07) is 1.07. The Balaban J connectivity index is 2.50. The van der Waals surface area contributed by atoms with Gasteiger partial charge >= 0.3 is 5.97 Å². The van der Waals surface area contributed by atoms with Crippen LogP contribution in [0.5, 0.6) is 0 Å². The molecule has 0 unspecified atom stereocenters. The number of hydrogen-bond acceptors (Lipinski definition) is 3. The van der Waals surface area contributed by atoms with Crippen LogP contribution in [0, 0.1) is 6.92 Å². The average molecular weight is 256 g/mol. The Morgan fingerprint density at radius 1 is 1.53 bits per heavy atom. The van der Waals surface area contributed by atoms with Crippen molar-refractivity contribution in [1.82, 2.24) is 9.55 Å². The Morgan fingerprint density at radius 3 is 2.71 bits per heavy atom. The molecule has 0 saturated heterocycles. The van der Waals surface area contributed by atoms with Gasteiger partial charge in [0.25, 0.3) is 0 Å². The average Bonchev–Trinajstić information content (AvgIpc) is 2.53. The molecule has 0 bridgehead atoms. The summed E-state index contributed by atoms with van der Waals surface area (Å²) >= 11 is 0. The van der Waals surface area contributed by atoms with Crippen LogP contribution in [-0.4, -0.2) is 35.3 Å². The van der Waals surface area contributed by atoms with E-state index >= 15 is 0 Å². The number of ether oxygens (including phenoxy) is 1. The Hall–Kier alpha value is -1.14. The van der Waals surface area contributed by atoms with Gasteiger partial charge in [-0.2, -0.15) is 0 Å². The Kier molecular flexibility index (Phi) is 4.47. The van der Waals surface area contributed by atoms with E-state index in [1.807, 2.05) is 0 Å². The molecule has 0 radical (unpaired) electrons. The number of hydrogen-bond donors (Lipinski definition) is 1. The third kappa shape index (κ3) is 4.31. The van der Waals surface area contributed by atoms with Crippen LogP contribution in [0.25, 0.3) is 0 Å². The summed E-state index contributed by atoms with van der Waals surface area (Å²) in [5, 5.41) is 9.01. The quantitative estimate of drug-likeness (QED) is 0.626. The minimum Gasteiger partial charge on any atom is -0.477 e. The number of aryl methyl sites for hydroxylation is 1. The molecule has 1 heterocycles. The molecule has 1 rings (SSSR count). The van der Waals surface area contributed by atoms with Gasteiger partial charge in [-0.1, -0.05) is 19.6 Å². The lowest BCUT2D eigenvalue weighted by Crippen LogP contribution is -2.22. The van der Waals surface area contributed by atoms with Crippen molar-refractivity contribution >= 4 is 14.0 Å². The summed E-state index contributed by atoms with van der Waals surface area (Å²) in [5.41, 5.74) is 0.726. The molecule has 0 atom stereocenters. The molecule has 0 spiro atoms. The predicted octanol–water partition coefficient (Wildman–Crippen LogP) is 2.20. The fraction of sp³-hybridized carbons (Fsp3) is 0.636. The highest BCUT2D eigenvalue weighted by Gasteiger charge is 2.15. The third-order valence-corrected chi connectivity index (χ3v) is 4.15. The van der Waals surface area contributed by atoms with Crippen molar-refractivity contribution in [2.75, 3.05) is 6.61 Å². The number of carbonyl (C=O) groups is 1. The maximum absolute atomic E-state index is 11.0. The van der Waals surface area contributed by atoms with Crippen molar-refractivity contribution in [2.24, 2.45) is 0 Å². The number of aromatic carboxylic acids is 1. The second-order valence-corrected chi connectivity index (χ2v) is 10.9. The molecule has 0 amide bonds. The molecule has 1 N–H and O–H groups in total. The fourth-order valence-electron chi connectivity index (χ4n) is 1.40. The lowest BCUT2D eigenvalue weighted by atomic mass is 10.3. The Labute approximate surface area is 102 Å². The van der Waals surface area contributed by atoms with E-state index in [9.17, 15) is 4.79 Å². The first-order valence-electron chi connectivity index (χ1n) is 5.64. The van der Waals surface area contributed by atoms with Gasteiger partial charge in [0.1, 0.15) is 6.73 Å². The summed E-state index contributed by atoms with van der Waals surface area (Å²) in [6.45, 7) is 9.45. The predicted molar refractivity (Wildman–Crippen MR) is 68.0 cm³/mol. The van der Waals surface area contributed by atoms with Crippen LogP contribution in [0.4, 0.5) is 0 Å². The van der Waals surface area contributed by atoms with Crippen molar-refractivity contribution in [1.29, 1.82) is 0 Å². The van der Waals surface area contributed by atoms with Gasteiger partial charge in [0.05, 0.1) is 12.0 Å². The molecule has 0 fully saturated rings. The van der Waals surface area contributed by atoms with E-state index in [4.69, 9.17) is 9.84 Å². The van der Waals surface area contributed by atoms with Gasteiger partial charge in [0.2, 0.25) is 0 Å². The molecule has 1 aromatic heterocycles. The van der Waals surface area contributed by atoms with Gasteiger partial charge in [0, 0.05) is 14.7 Å². The van der Waals surface area contributed by atoms with Gasteiger partial charge in [-0.05, 0) is 13.0 Å². The molecular formula is C11H20N2O3Si. The maximum atomic E-state index is 11.0. The third-order valence-electron chi connectivity index (χ3n) is 2.45. The monoisotopic (exact) mass is 256 g/mol. The SMILES string of the molecule is Cc1ncn(COCC[Si](C)(C)C)c1C(=O)O. The van der Waals surface area contributed by atoms with E-state index in [0.717, 1.165) is 6.04 Å². The first kappa shape index (κ1) is 13.9. The summed E-state index contributed by atoms with van der Waals surface area (Å²) in [7, 11) is -1.09. The normalized spacial score (nSPS) is 11.8. The first-order valence-corrected chi connectivity index (χ1v) is 9.35. The topological polar surface area (TPSA) is 64.4 Å². The summed E-state index contributed by atoms with van der Waals surface area (Å²) in [4.78, 5) is 15.0. The van der Waals surface area contributed by atoms with Gasteiger partial charge < -0.3 is 14.4 Å². The van der Waals surface area contributed by atoms with E-state index in [0.29, 0.717) is 12.3 Å². The highest BCUT2D eigenvalue weighted by molar-refractivity contribution is 6.76. The van der Waals surface area contributed by atoms with Crippen molar-refractivity contribution < 1.29 is 14.6 Å². The van der Waals surface area contributed by atoms with E-state index in [2.05, 4.69) is 24.6 Å². The molecule has 0 aromatic carbocycles.